The van der Waals surface area contributed by atoms with Crippen molar-refractivity contribution in [3.8, 4) is 11.8 Å². The first-order chi connectivity index (χ1) is 10.5. The molecule has 0 saturated carbocycles. The van der Waals surface area contributed by atoms with Crippen molar-refractivity contribution in [2.75, 3.05) is 4.90 Å². The molecule has 5 heteroatoms. The number of anilines is 1. The molecule has 0 bridgehead atoms. The summed E-state index contributed by atoms with van der Waals surface area (Å²) in [7, 11) is 0. The van der Waals surface area contributed by atoms with Crippen LogP contribution in [0.5, 0.6) is 5.75 Å². The number of phenolic OH excluding ortho intramolecular Hbond substituents is 1. The summed E-state index contributed by atoms with van der Waals surface area (Å²) in [5.74, 6) is -0.606. The van der Waals surface area contributed by atoms with E-state index in [0.29, 0.717) is 5.69 Å². The highest BCUT2D eigenvalue weighted by atomic mass is 19.1. The zero-order valence-corrected chi connectivity index (χ0v) is 12.1. The Morgan fingerprint density at radius 3 is 2.55 bits per heavy atom. The number of aromatic hydroxyl groups is 1. The van der Waals surface area contributed by atoms with Crippen molar-refractivity contribution in [2.45, 2.75) is 19.9 Å². The van der Waals surface area contributed by atoms with Gasteiger partial charge < -0.3 is 10.0 Å². The van der Waals surface area contributed by atoms with Crippen LogP contribution in [-0.4, -0.2) is 11.0 Å². The first kappa shape index (κ1) is 15.5. The minimum atomic E-state index is -0.561. The minimum absolute atomic E-state index is 0.134. The lowest BCUT2D eigenvalue weighted by molar-refractivity contribution is -0.118. The molecule has 2 aromatic carbocycles. The third kappa shape index (κ3) is 3.61. The van der Waals surface area contributed by atoms with Crippen LogP contribution >= 0.6 is 0 Å². The third-order valence-electron chi connectivity index (χ3n) is 3.20. The van der Waals surface area contributed by atoms with Crippen LogP contribution in [0.4, 0.5) is 10.1 Å². The minimum Gasteiger partial charge on any atom is -0.508 e. The van der Waals surface area contributed by atoms with Gasteiger partial charge in [0.1, 0.15) is 11.6 Å². The second kappa shape index (κ2) is 6.72. The molecule has 0 aliphatic heterocycles. The maximum Gasteiger partial charge on any atom is 0.227 e. The Bertz CT molecular complexity index is 720. The lowest BCUT2D eigenvalue weighted by Crippen LogP contribution is -2.29. The number of halogens is 1. The van der Waals surface area contributed by atoms with E-state index < -0.39 is 5.82 Å². The standard InChI is InChI=1S/C17H15FN2O2/c1-2-17(22)20(11-12-3-5-16(21)6-4-12)15-8-13(10-19)7-14(18)9-15/h3-9,21H,2,11H2,1H3. The van der Waals surface area contributed by atoms with Gasteiger partial charge in [-0.05, 0) is 35.9 Å². The number of carbonyl (C=O) groups excluding carboxylic acids is 1. The molecule has 2 rings (SSSR count). The second-order valence-corrected chi connectivity index (χ2v) is 4.81. The van der Waals surface area contributed by atoms with Crippen LogP contribution in [0.25, 0.3) is 0 Å². The number of carbonyl (C=O) groups is 1. The molecule has 0 unspecified atom stereocenters. The molecule has 0 radical (unpaired) electrons. The highest BCUT2D eigenvalue weighted by Gasteiger charge is 2.16. The van der Waals surface area contributed by atoms with Gasteiger partial charge in [-0.1, -0.05) is 19.1 Å². The summed E-state index contributed by atoms with van der Waals surface area (Å²) in [6, 6.07) is 12.1. The van der Waals surface area contributed by atoms with E-state index in [1.165, 1.54) is 29.2 Å². The largest absolute Gasteiger partial charge is 0.508 e. The zero-order chi connectivity index (χ0) is 16.1. The Morgan fingerprint density at radius 2 is 1.95 bits per heavy atom. The van der Waals surface area contributed by atoms with Gasteiger partial charge in [-0.25, -0.2) is 4.39 Å². The Kier molecular flexibility index (Phi) is 4.74. The highest BCUT2D eigenvalue weighted by molar-refractivity contribution is 5.93. The van der Waals surface area contributed by atoms with Crippen molar-refractivity contribution >= 4 is 11.6 Å². The molecule has 0 aliphatic rings. The molecule has 112 valence electrons. The van der Waals surface area contributed by atoms with Crippen LogP contribution in [0, 0.1) is 17.1 Å². The van der Waals surface area contributed by atoms with E-state index >= 15 is 0 Å². The van der Waals surface area contributed by atoms with E-state index in [4.69, 9.17) is 5.26 Å². The number of amides is 1. The van der Waals surface area contributed by atoms with Gasteiger partial charge in [0.15, 0.2) is 0 Å². The van der Waals surface area contributed by atoms with Gasteiger partial charge in [-0.2, -0.15) is 5.26 Å². The molecule has 0 aromatic heterocycles. The van der Waals surface area contributed by atoms with Crippen molar-refractivity contribution in [2.24, 2.45) is 0 Å². The van der Waals surface area contributed by atoms with Gasteiger partial charge >= 0.3 is 0 Å². The van der Waals surface area contributed by atoms with Crippen molar-refractivity contribution in [3.63, 3.8) is 0 Å². The maximum absolute atomic E-state index is 13.6. The molecule has 22 heavy (non-hydrogen) atoms. The van der Waals surface area contributed by atoms with Crippen LogP contribution < -0.4 is 4.90 Å². The van der Waals surface area contributed by atoms with Gasteiger partial charge in [0.2, 0.25) is 5.91 Å². The lowest BCUT2D eigenvalue weighted by atomic mass is 10.1. The number of hydrogen-bond donors (Lipinski definition) is 1. The van der Waals surface area contributed by atoms with Gasteiger partial charge in [-0.15, -0.1) is 0 Å². The first-order valence-electron chi connectivity index (χ1n) is 6.82. The Labute approximate surface area is 128 Å². The number of nitriles is 1. The molecule has 0 fully saturated rings. The molecule has 0 heterocycles. The summed E-state index contributed by atoms with van der Waals surface area (Å²) >= 11 is 0. The first-order valence-corrected chi connectivity index (χ1v) is 6.82. The molecule has 0 saturated heterocycles. The Morgan fingerprint density at radius 1 is 1.27 bits per heavy atom. The van der Waals surface area contributed by atoms with Crippen LogP contribution in [0.3, 0.4) is 0 Å². The number of nitrogens with zero attached hydrogens (tertiary/aromatic N) is 2. The molecule has 1 amide bonds. The molecule has 1 N–H and O–H groups in total. The Hall–Kier alpha value is -2.87. The van der Waals surface area contributed by atoms with Gasteiger partial charge in [0.05, 0.1) is 18.2 Å². The highest BCUT2D eigenvalue weighted by Crippen LogP contribution is 2.22. The van der Waals surface area contributed by atoms with E-state index in [9.17, 15) is 14.3 Å². The van der Waals surface area contributed by atoms with Crippen molar-refractivity contribution in [3.05, 3.63) is 59.4 Å². The van der Waals surface area contributed by atoms with Gasteiger partial charge in [0, 0.05) is 12.1 Å². The molecule has 4 nitrogen and oxygen atoms in total. The van der Waals surface area contributed by atoms with E-state index in [1.807, 2.05) is 6.07 Å². The van der Waals surface area contributed by atoms with Crippen LogP contribution in [0.2, 0.25) is 0 Å². The molecule has 0 aliphatic carbocycles. The summed E-state index contributed by atoms with van der Waals surface area (Å²) in [6.45, 7) is 1.96. The summed E-state index contributed by atoms with van der Waals surface area (Å²) < 4.78 is 13.6. The van der Waals surface area contributed by atoms with E-state index in [2.05, 4.69) is 0 Å². The second-order valence-electron chi connectivity index (χ2n) is 4.81. The molecular weight excluding hydrogens is 283 g/mol. The average Bonchev–Trinajstić information content (AvgIpc) is 2.52. The van der Waals surface area contributed by atoms with Crippen molar-refractivity contribution in [1.82, 2.24) is 0 Å². The normalized spacial score (nSPS) is 10.0. The predicted octanol–water partition coefficient (Wildman–Crippen LogP) is 3.35. The molecule has 0 spiro atoms. The quantitative estimate of drug-likeness (QED) is 0.941. The topological polar surface area (TPSA) is 64.3 Å². The fourth-order valence-electron chi connectivity index (χ4n) is 2.09. The van der Waals surface area contributed by atoms with E-state index in [-0.39, 0.29) is 30.2 Å². The van der Waals surface area contributed by atoms with Crippen LogP contribution in [0.15, 0.2) is 42.5 Å². The molecule has 0 atom stereocenters. The van der Waals surface area contributed by atoms with E-state index in [0.717, 1.165) is 11.6 Å². The van der Waals surface area contributed by atoms with Crippen LogP contribution in [0.1, 0.15) is 24.5 Å². The molecular formula is C17H15FN2O2. The SMILES string of the molecule is CCC(=O)N(Cc1ccc(O)cc1)c1cc(F)cc(C#N)c1. The number of benzene rings is 2. The summed E-state index contributed by atoms with van der Waals surface area (Å²) in [4.78, 5) is 13.6. The monoisotopic (exact) mass is 298 g/mol. The van der Waals surface area contributed by atoms with Crippen molar-refractivity contribution in [1.29, 1.82) is 5.26 Å². The fraction of sp³-hybridized carbons (Fsp3) is 0.176. The van der Waals surface area contributed by atoms with Gasteiger partial charge in [-0.3, -0.25) is 4.79 Å². The Balaban J connectivity index is 2.38. The third-order valence-corrected chi connectivity index (χ3v) is 3.20. The number of phenols is 1. The zero-order valence-electron chi connectivity index (χ0n) is 12.1. The number of rotatable bonds is 4. The summed E-state index contributed by atoms with van der Waals surface area (Å²) in [5.41, 5.74) is 1.30. The van der Waals surface area contributed by atoms with E-state index in [1.54, 1.807) is 19.1 Å². The van der Waals surface area contributed by atoms with Gasteiger partial charge in [0.25, 0.3) is 0 Å². The average molecular weight is 298 g/mol. The molecule has 2 aromatic rings. The number of hydrogen-bond acceptors (Lipinski definition) is 3. The van der Waals surface area contributed by atoms with Crippen LogP contribution in [-0.2, 0) is 11.3 Å². The predicted molar refractivity (Wildman–Crippen MR) is 80.7 cm³/mol. The summed E-state index contributed by atoms with van der Waals surface area (Å²) in [6.07, 6.45) is 0.260. The lowest BCUT2D eigenvalue weighted by Gasteiger charge is -2.23. The van der Waals surface area contributed by atoms with Crippen molar-refractivity contribution < 1.29 is 14.3 Å². The smallest absolute Gasteiger partial charge is 0.227 e. The summed E-state index contributed by atoms with van der Waals surface area (Å²) in [5, 5.41) is 18.2. The maximum atomic E-state index is 13.6. The fourth-order valence-corrected chi connectivity index (χ4v) is 2.09.